The van der Waals surface area contributed by atoms with Crippen LogP contribution in [0.15, 0.2) is 60.7 Å². The molecule has 0 bridgehead atoms. The summed E-state index contributed by atoms with van der Waals surface area (Å²) in [5.41, 5.74) is 7.62. The van der Waals surface area contributed by atoms with E-state index in [2.05, 4.69) is 16.0 Å². The first-order chi connectivity index (χ1) is 34.4. The van der Waals surface area contributed by atoms with E-state index in [-0.39, 0.29) is 66.7 Å². The Balaban J connectivity index is 0.000000218. The lowest BCUT2D eigenvalue weighted by Gasteiger charge is -2.36. The zero-order valence-electron chi connectivity index (χ0n) is 43.8. The van der Waals surface area contributed by atoms with Gasteiger partial charge in [-0.15, -0.1) is 0 Å². The number of hydrogen-bond donors (Lipinski definition) is 4. The van der Waals surface area contributed by atoms with Crippen molar-refractivity contribution in [2.75, 3.05) is 38.7 Å². The Morgan fingerprint density at radius 1 is 0.589 bits per heavy atom. The average Bonchev–Trinajstić information content (AvgIpc) is 4.15. The second-order valence-corrected chi connectivity index (χ2v) is 26.2. The van der Waals surface area contributed by atoms with Crippen molar-refractivity contribution in [3.05, 3.63) is 71.8 Å². The Labute approximate surface area is 433 Å². The Morgan fingerprint density at radius 2 is 0.986 bits per heavy atom. The fourth-order valence-electron chi connectivity index (χ4n) is 12.5. The number of fused-ring (bicyclic) bond motifs is 2. The number of nitrogens with two attached hydrogens (primary N) is 1. The lowest BCUT2D eigenvalue weighted by Crippen LogP contribution is -2.57. The van der Waals surface area contributed by atoms with Crippen molar-refractivity contribution in [2.45, 2.75) is 166 Å². The van der Waals surface area contributed by atoms with Crippen LogP contribution in [0.2, 0.25) is 0 Å². The molecule has 5 N–H and O–H groups in total. The fourth-order valence-corrected chi connectivity index (χ4v) is 14.8. The molecule has 10 atom stereocenters. The zero-order valence-corrected chi connectivity index (χ0v) is 45.4. The molecule has 0 unspecified atom stereocenters. The van der Waals surface area contributed by atoms with E-state index < -0.39 is 73.8 Å². The third kappa shape index (κ3) is 13.4. The first kappa shape index (κ1) is 56.1. The largest absolute Gasteiger partial charge is 0.444 e. The summed E-state index contributed by atoms with van der Waals surface area (Å²) in [5, 5.41) is 8.94. The van der Waals surface area contributed by atoms with Crippen molar-refractivity contribution in [3.63, 3.8) is 0 Å². The van der Waals surface area contributed by atoms with Crippen molar-refractivity contribution < 1.29 is 45.5 Å². The van der Waals surface area contributed by atoms with Gasteiger partial charge in [0.05, 0.1) is 54.6 Å². The van der Waals surface area contributed by atoms with Crippen molar-refractivity contribution in [2.24, 2.45) is 29.4 Å². The number of sulfonamides is 2. The topological polar surface area (TPSA) is 238 Å². The summed E-state index contributed by atoms with van der Waals surface area (Å²) >= 11 is 0. The van der Waals surface area contributed by atoms with E-state index in [1.807, 2.05) is 74.5 Å². The number of hydrogen-bond acceptors (Lipinski definition) is 11. The van der Waals surface area contributed by atoms with E-state index in [4.69, 9.17) is 10.5 Å². The molecule has 0 radical (unpaired) electrons. The molecule has 20 heteroatoms. The molecule has 4 aliphatic heterocycles. The molecule has 73 heavy (non-hydrogen) atoms. The van der Waals surface area contributed by atoms with Gasteiger partial charge in [0.15, 0.2) is 0 Å². The standard InChI is InChI=1S/C29H44N4O6S.C24H36N4O4S/c1-19(20-12-8-6-9-13-20)30-26(34)22-18-33(40(5,37)38)23-16-17-32(25(22)23)27(35)24(21-14-10-7-11-15-21)31-28(36)39-29(2,3)4;1-16(17-9-5-3-6-10-17)26-23(29)19-15-28(33(2,31)32)20-13-14-27(22(19)20)24(30)21(25)18-11-7-4-8-12-18/h6,8-9,12-13,19,21-25H,7,10-11,14-18H2,1-5H3,(H,30,34)(H,31,36);3,5-6,9-10,16,18-22H,4,7-8,11-15,25H2,1-2H3,(H,26,29)/t19-,22+,23-,24+,25-;16-,19+,20-,21+,22-/m11/s1. The van der Waals surface area contributed by atoms with Gasteiger partial charge in [0.1, 0.15) is 11.6 Å². The second-order valence-electron chi connectivity index (χ2n) is 22.4. The number of rotatable bonds is 13. The predicted molar refractivity (Wildman–Crippen MR) is 278 cm³/mol. The van der Waals surface area contributed by atoms with Gasteiger partial charge in [-0.25, -0.2) is 21.6 Å². The zero-order chi connectivity index (χ0) is 53.0. The number of carbonyl (C=O) groups is 5. The molecule has 2 aromatic carbocycles. The normalized spacial score (nSPS) is 26.8. The van der Waals surface area contributed by atoms with E-state index in [9.17, 15) is 40.8 Å². The summed E-state index contributed by atoms with van der Waals surface area (Å²) in [6, 6.07) is 15.3. The van der Waals surface area contributed by atoms with Crippen LogP contribution in [0.4, 0.5) is 4.79 Å². The van der Waals surface area contributed by atoms with Crippen molar-refractivity contribution in [1.29, 1.82) is 0 Å². The molecule has 2 aromatic rings. The van der Waals surface area contributed by atoms with Crippen LogP contribution < -0.4 is 21.7 Å². The summed E-state index contributed by atoms with van der Waals surface area (Å²) in [6.07, 6.45) is 12.5. The maximum Gasteiger partial charge on any atom is 0.408 e. The number of likely N-dealkylation sites (tertiary alicyclic amines) is 2. The van der Waals surface area contributed by atoms with Crippen LogP contribution in [0.5, 0.6) is 0 Å². The highest BCUT2D eigenvalue weighted by molar-refractivity contribution is 7.88. The second kappa shape index (κ2) is 23.5. The number of nitrogens with one attached hydrogen (secondary N) is 3. The van der Waals surface area contributed by atoms with Crippen molar-refractivity contribution in [1.82, 2.24) is 34.4 Å². The predicted octanol–water partition coefficient (Wildman–Crippen LogP) is 4.83. The molecule has 4 saturated heterocycles. The van der Waals surface area contributed by atoms with Gasteiger partial charge in [0.25, 0.3) is 0 Å². The smallest absolute Gasteiger partial charge is 0.408 e. The van der Waals surface area contributed by atoms with E-state index in [1.54, 1.807) is 30.6 Å². The van der Waals surface area contributed by atoms with Crippen molar-refractivity contribution in [3.8, 4) is 0 Å². The van der Waals surface area contributed by atoms with Crippen LogP contribution in [-0.2, 0) is 44.0 Å². The fraction of sp³-hybridized carbons (Fsp3) is 0.679. The van der Waals surface area contributed by atoms with Crippen LogP contribution in [0.3, 0.4) is 0 Å². The number of carbonyl (C=O) groups excluding carboxylic acids is 5. The van der Waals surface area contributed by atoms with Crippen molar-refractivity contribution >= 4 is 49.8 Å². The van der Waals surface area contributed by atoms with Crippen LogP contribution in [0, 0.1) is 23.7 Å². The average molecular weight is 1050 g/mol. The highest BCUT2D eigenvalue weighted by Gasteiger charge is 2.58. The quantitative estimate of drug-likeness (QED) is 0.212. The number of ether oxygens (including phenoxy) is 1. The van der Waals surface area contributed by atoms with E-state index in [1.165, 1.54) is 21.3 Å². The third-order valence-electron chi connectivity index (χ3n) is 16.1. The minimum atomic E-state index is -3.61. The Bertz CT molecular complexity index is 2480. The molecule has 6 aliphatic rings. The highest BCUT2D eigenvalue weighted by atomic mass is 32.2. The summed E-state index contributed by atoms with van der Waals surface area (Å²) in [4.78, 5) is 70.9. The molecule has 2 saturated carbocycles. The number of alkyl carbamates (subject to hydrolysis) is 1. The molecular formula is C53H80N8O10S2. The number of amides is 5. The van der Waals surface area contributed by atoms with Crippen LogP contribution in [0.1, 0.15) is 135 Å². The van der Waals surface area contributed by atoms with E-state index in [0.717, 1.165) is 75.2 Å². The Hall–Kier alpha value is -4.63. The Kier molecular flexibility index (Phi) is 18.1. The molecule has 0 aromatic heterocycles. The first-order valence-electron chi connectivity index (χ1n) is 26.4. The molecule has 18 nitrogen and oxygen atoms in total. The van der Waals surface area contributed by atoms with Gasteiger partial charge in [0, 0.05) is 38.3 Å². The molecule has 8 rings (SSSR count). The minimum Gasteiger partial charge on any atom is -0.444 e. The Morgan fingerprint density at radius 3 is 1.38 bits per heavy atom. The number of benzene rings is 2. The molecule has 2 aliphatic carbocycles. The van der Waals surface area contributed by atoms with E-state index in [0.29, 0.717) is 25.9 Å². The van der Waals surface area contributed by atoms with Gasteiger partial charge < -0.3 is 36.2 Å². The maximum absolute atomic E-state index is 14.2. The lowest BCUT2D eigenvalue weighted by atomic mass is 9.83. The van der Waals surface area contributed by atoms with Gasteiger partial charge in [-0.1, -0.05) is 99.2 Å². The van der Waals surface area contributed by atoms with Crippen LogP contribution in [-0.4, -0.2) is 146 Å². The summed E-state index contributed by atoms with van der Waals surface area (Å²) in [6.45, 7) is 9.95. The lowest BCUT2D eigenvalue weighted by molar-refractivity contribution is -0.139. The molecule has 4 heterocycles. The third-order valence-corrected chi connectivity index (χ3v) is 18.6. The summed E-state index contributed by atoms with van der Waals surface area (Å²) < 4.78 is 58.8. The molecular weight excluding hydrogens is 973 g/mol. The highest BCUT2D eigenvalue weighted by Crippen LogP contribution is 2.41. The minimum absolute atomic E-state index is 0.0128. The van der Waals surface area contributed by atoms with Gasteiger partial charge in [-0.3, -0.25) is 19.2 Å². The molecule has 5 amide bonds. The van der Waals surface area contributed by atoms with Gasteiger partial charge in [0.2, 0.25) is 43.7 Å². The number of nitrogens with zero attached hydrogens (tertiary/aromatic N) is 4. The molecule has 0 spiro atoms. The van der Waals surface area contributed by atoms with Gasteiger partial charge >= 0.3 is 6.09 Å². The SMILES string of the molecule is C[C@@H](NC(=O)[C@H]1CN(S(C)(=O)=O)[C@@H]2CCN(C(=O)[C@@H](N)C3CCCCC3)[C@H]12)c1ccccc1.C[C@@H](NC(=O)[C@H]1CN(S(C)(=O)=O)[C@@H]2CCN(C(=O)[C@@H](NC(=O)OC(C)(C)C)C3CCCCC3)[C@H]12)c1ccccc1. The van der Waals surface area contributed by atoms with Gasteiger partial charge in [-0.2, -0.15) is 8.61 Å². The van der Waals surface area contributed by atoms with E-state index >= 15 is 0 Å². The maximum atomic E-state index is 14.2. The summed E-state index contributed by atoms with van der Waals surface area (Å²) in [7, 11) is -7.12. The monoisotopic (exact) mass is 1050 g/mol. The van der Waals surface area contributed by atoms with Crippen LogP contribution >= 0.6 is 0 Å². The molecule has 6 fully saturated rings. The molecule has 404 valence electrons. The first-order valence-corrected chi connectivity index (χ1v) is 30.1. The van der Waals surface area contributed by atoms with Crippen LogP contribution in [0.25, 0.3) is 0 Å². The van der Waals surface area contributed by atoms with Gasteiger partial charge in [-0.05, 0) is 96.1 Å². The summed E-state index contributed by atoms with van der Waals surface area (Å²) in [5.74, 6) is -2.17.